The Morgan fingerprint density at radius 3 is 2.19 bits per heavy atom. The Balaban J connectivity index is 1.49. The average molecular weight is 357 g/mol. The van der Waals surface area contributed by atoms with Gasteiger partial charge in [0.2, 0.25) is 5.91 Å². The molecule has 3 nitrogen and oxygen atoms in total. The number of nitrogens with one attached hydrogen (secondary N) is 1. The van der Waals surface area contributed by atoms with Crippen molar-refractivity contribution in [3.8, 4) is 0 Å². The van der Waals surface area contributed by atoms with Crippen molar-refractivity contribution in [2.45, 2.75) is 63.8 Å². The van der Waals surface area contributed by atoms with Crippen LogP contribution in [0.4, 0.5) is 4.39 Å². The third-order valence-corrected chi connectivity index (χ3v) is 6.82. The van der Waals surface area contributed by atoms with Crippen LogP contribution in [0.1, 0.15) is 69.4 Å². The summed E-state index contributed by atoms with van der Waals surface area (Å²) in [7, 11) is 0. The summed E-state index contributed by atoms with van der Waals surface area (Å²) in [5, 5.41) is 3.30. The molecule has 3 saturated carbocycles. The van der Waals surface area contributed by atoms with Crippen molar-refractivity contribution in [3.05, 3.63) is 35.6 Å². The number of fused-ring (bicyclic) bond motifs is 2. The summed E-state index contributed by atoms with van der Waals surface area (Å²) in [6.45, 7) is 0. The van der Waals surface area contributed by atoms with Crippen LogP contribution >= 0.6 is 0 Å². The zero-order valence-electron chi connectivity index (χ0n) is 15.3. The topological polar surface area (TPSA) is 46.2 Å². The van der Waals surface area contributed by atoms with Gasteiger partial charge in [0.1, 0.15) is 11.6 Å². The van der Waals surface area contributed by atoms with Gasteiger partial charge in [-0.3, -0.25) is 9.59 Å². The van der Waals surface area contributed by atoms with Gasteiger partial charge >= 0.3 is 0 Å². The first kappa shape index (κ1) is 17.7. The van der Waals surface area contributed by atoms with E-state index < -0.39 is 0 Å². The first-order chi connectivity index (χ1) is 12.6. The van der Waals surface area contributed by atoms with Crippen LogP contribution in [0.3, 0.4) is 0 Å². The van der Waals surface area contributed by atoms with Crippen LogP contribution in [0.2, 0.25) is 0 Å². The zero-order valence-corrected chi connectivity index (χ0v) is 15.3. The van der Waals surface area contributed by atoms with Gasteiger partial charge in [-0.25, -0.2) is 4.39 Å². The van der Waals surface area contributed by atoms with Crippen molar-refractivity contribution in [2.75, 3.05) is 0 Å². The molecule has 1 amide bonds. The Hall–Kier alpha value is -1.71. The lowest BCUT2D eigenvalue weighted by atomic mass is 9.67. The molecule has 0 aromatic heterocycles. The van der Waals surface area contributed by atoms with E-state index in [4.69, 9.17) is 0 Å². The predicted molar refractivity (Wildman–Crippen MR) is 97.8 cm³/mol. The van der Waals surface area contributed by atoms with E-state index in [0.29, 0.717) is 24.5 Å². The normalized spacial score (nSPS) is 30.2. The molecule has 0 radical (unpaired) electrons. The van der Waals surface area contributed by atoms with E-state index in [1.807, 2.05) is 0 Å². The Bertz CT molecular complexity index is 649. The molecule has 3 aliphatic rings. The highest BCUT2D eigenvalue weighted by atomic mass is 19.1. The lowest BCUT2D eigenvalue weighted by Crippen LogP contribution is -2.44. The maximum absolute atomic E-state index is 13.3. The van der Waals surface area contributed by atoms with Gasteiger partial charge in [0.05, 0.1) is 6.04 Å². The molecule has 1 N–H and O–H groups in total. The quantitative estimate of drug-likeness (QED) is 0.858. The Kier molecular flexibility index (Phi) is 5.10. The third-order valence-electron chi connectivity index (χ3n) is 6.82. The van der Waals surface area contributed by atoms with Gasteiger partial charge < -0.3 is 5.32 Å². The molecule has 1 aromatic carbocycles. The molecule has 4 rings (SSSR count). The molecule has 4 heteroatoms. The van der Waals surface area contributed by atoms with Crippen LogP contribution in [0.5, 0.6) is 0 Å². The predicted octanol–water partition coefficient (Wildman–Crippen LogP) is 4.57. The lowest BCUT2D eigenvalue weighted by molar-refractivity contribution is -0.138. The maximum Gasteiger partial charge on any atom is 0.223 e. The van der Waals surface area contributed by atoms with Crippen LogP contribution in [-0.2, 0) is 9.59 Å². The van der Waals surface area contributed by atoms with Crippen molar-refractivity contribution in [3.63, 3.8) is 0 Å². The van der Waals surface area contributed by atoms with Gasteiger partial charge in [-0.1, -0.05) is 31.4 Å². The van der Waals surface area contributed by atoms with Crippen molar-refractivity contribution in [1.29, 1.82) is 0 Å². The summed E-state index contributed by atoms with van der Waals surface area (Å²) >= 11 is 0. The third kappa shape index (κ3) is 3.56. The number of halogens is 1. The zero-order chi connectivity index (χ0) is 18.1. The number of ketones is 1. The molecule has 3 aliphatic carbocycles. The molecule has 3 unspecified atom stereocenters. The first-order valence-corrected chi connectivity index (χ1v) is 10.2. The number of amides is 1. The fourth-order valence-corrected chi connectivity index (χ4v) is 5.40. The molecule has 26 heavy (non-hydrogen) atoms. The number of rotatable bonds is 4. The fraction of sp³-hybridized carbons (Fsp3) is 0.636. The lowest BCUT2D eigenvalue weighted by Gasteiger charge is -2.38. The van der Waals surface area contributed by atoms with Gasteiger partial charge in [0.25, 0.3) is 0 Å². The number of carbonyl (C=O) groups is 2. The Labute approximate surface area is 154 Å². The number of hydrogen-bond donors (Lipinski definition) is 1. The molecular formula is C22H28FNO2. The smallest absolute Gasteiger partial charge is 0.223 e. The first-order valence-electron chi connectivity index (χ1n) is 10.2. The van der Waals surface area contributed by atoms with E-state index in [9.17, 15) is 14.0 Å². The van der Waals surface area contributed by atoms with Gasteiger partial charge in [0.15, 0.2) is 0 Å². The average Bonchev–Trinajstić information content (AvgIpc) is 3.14. The summed E-state index contributed by atoms with van der Waals surface area (Å²) in [6, 6.07) is 6.53. The monoisotopic (exact) mass is 357 g/mol. The highest BCUT2D eigenvalue weighted by Gasteiger charge is 2.42. The van der Waals surface area contributed by atoms with E-state index in [1.165, 1.54) is 25.0 Å². The summed E-state index contributed by atoms with van der Waals surface area (Å²) in [5.41, 5.74) is 0.999. The highest BCUT2D eigenvalue weighted by Crippen LogP contribution is 2.41. The molecule has 0 spiro atoms. The van der Waals surface area contributed by atoms with Gasteiger partial charge in [0, 0.05) is 17.8 Å². The SMILES string of the molecule is O=C(NC(c1ccc(F)cc1)C1CCCC1)C1CC2CCCC(C1)C2=O. The van der Waals surface area contributed by atoms with Crippen molar-refractivity contribution < 1.29 is 14.0 Å². The highest BCUT2D eigenvalue weighted by molar-refractivity contribution is 5.88. The van der Waals surface area contributed by atoms with Crippen LogP contribution in [0.15, 0.2) is 24.3 Å². The van der Waals surface area contributed by atoms with Gasteiger partial charge in [-0.15, -0.1) is 0 Å². The minimum atomic E-state index is -0.246. The van der Waals surface area contributed by atoms with Crippen LogP contribution in [0.25, 0.3) is 0 Å². The molecule has 2 bridgehead atoms. The summed E-state index contributed by atoms with van der Waals surface area (Å²) in [4.78, 5) is 25.3. The van der Waals surface area contributed by atoms with Crippen molar-refractivity contribution >= 4 is 11.7 Å². The molecule has 140 valence electrons. The largest absolute Gasteiger partial charge is 0.349 e. The minimum Gasteiger partial charge on any atom is -0.349 e. The van der Waals surface area contributed by atoms with E-state index >= 15 is 0 Å². The summed E-state index contributed by atoms with van der Waals surface area (Å²) in [5.74, 6) is 0.801. The van der Waals surface area contributed by atoms with E-state index in [2.05, 4.69) is 5.32 Å². The van der Waals surface area contributed by atoms with Crippen LogP contribution in [-0.4, -0.2) is 11.7 Å². The van der Waals surface area contributed by atoms with Crippen LogP contribution in [0, 0.1) is 29.5 Å². The molecule has 0 heterocycles. The fourth-order valence-electron chi connectivity index (χ4n) is 5.40. The minimum absolute atomic E-state index is 0.0388. The van der Waals surface area contributed by atoms with Crippen LogP contribution < -0.4 is 5.32 Å². The molecule has 1 aromatic rings. The Morgan fingerprint density at radius 2 is 1.58 bits per heavy atom. The van der Waals surface area contributed by atoms with E-state index in [1.54, 1.807) is 12.1 Å². The van der Waals surface area contributed by atoms with E-state index in [-0.39, 0.29) is 35.5 Å². The number of benzene rings is 1. The molecule has 0 saturated heterocycles. The second kappa shape index (κ2) is 7.50. The molecule has 3 atom stereocenters. The number of hydrogen-bond acceptors (Lipinski definition) is 2. The molecule has 0 aliphatic heterocycles. The molecule has 3 fully saturated rings. The van der Waals surface area contributed by atoms with Crippen molar-refractivity contribution in [1.82, 2.24) is 5.32 Å². The van der Waals surface area contributed by atoms with Crippen molar-refractivity contribution in [2.24, 2.45) is 23.7 Å². The summed E-state index contributed by atoms with van der Waals surface area (Å²) < 4.78 is 13.3. The standard InChI is InChI=1S/C22H28FNO2/c23-19-10-8-15(9-11-19)20(14-4-1-2-5-14)24-22(26)18-12-16-6-3-7-17(13-18)21(16)25/h8-11,14,16-18,20H,1-7,12-13H2,(H,24,26). The van der Waals surface area contributed by atoms with Gasteiger partial charge in [-0.05, 0) is 62.1 Å². The van der Waals surface area contributed by atoms with E-state index in [0.717, 1.165) is 37.7 Å². The second-order valence-electron chi connectivity index (χ2n) is 8.48. The molecular weight excluding hydrogens is 329 g/mol. The van der Waals surface area contributed by atoms with Gasteiger partial charge in [-0.2, -0.15) is 0 Å². The Morgan fingerprint density at radius 1 is 0.962 bits per heavy atom. The summed E-state index contributed by atoms with van der Waals surface area (Å²) in [6.07, 6.45) is 9.04. The number of Topliss-reactive ketones (excluding diaryl/α,β-unsaturated/α-hetero) is 1. The second-order valence-corrected chi connectivity index (χ2v) is 8.48. The number of carbonyl (C=O) groups excluding carboxylic acids is 2. The maximum atomic E-state index is 13.3.